The Kier molecular flexibility index (Phi) is 5.95. The fraction of sp³-hybridized carbons (Fsp3) is 0.375. The van der Waals surface area contributed by atoms with Gasteiger partial charge in [0.05, 0.1) is 17.7 Å². The van der Waals surface area contributed by atoms with E-state index in [2.05, 4.69) is 5.10 Å². The molecule has 0 saturated heterocycles. The lowest BCUT2D eigenvalue weighted by molar-refractivity contribution is -0.143. The number of primary sulfonamides is 1. The lowest BCUT2D eigenvalue weighted by Crippen LogP contribution is -2.31. The largest absolute Gasteiger partial charge is 0.487 e. The van der Waals surface area contributed by atoms with Crippen molar-refractivity contribution in [2.75, 3.05) is 6.61 Å². The summed E-state index contributed by atoms with van der Waals surface area (Å²) in [6, 6.07) is 5.18. The van der Waals surface area contributed by atoms with Gasteiger partial charge in [0.1, 0.15) is 6.54 Å². The van der Waals surface area contributed by atoms with Crippen molar-refractivity contribution in [2.45, 2.75) is 31.5 Å². The van der Waals surface area contributed by atoms with Crippen molar-refractivity contribution in [2.24, 2.45) is 11.1 Å². The molecule has 0 unspecified atom stereocenters. The van der Waals surface area contributed by atoms with Gasteiger partial charge in [-0.3, -0.25) is 4.79 Å². The van der Waals surface area contributed by atoms with E-state index in [-0.39, 0.29) is 33.4 Å². The Morgan fingerprint density at radius 1 is 1.22 bits per heavy atom. The van der Waals surface area contributed by atoms with Crippen molar-refractivity contribution < 1.29 is 26.3 Å². The van der Waals surface area contributed by atoms with Gasteiger partial charge in [-0.05, 0) is 23.6 Å². The number of halogens is 3. The normalized spacial score (nSPS) is 12.4. The van der Waals surface area contributed by atoms with Crippen LogP contribution in [-0.4, -0.2) is 31.0 Å². The van der Waals surface area contributed by atoms with Crippen LogP contribution in [0.1, 0.15) is 13.8 Å². The number of nitrogens with two attached hydrogens (primary N) is 1. The summed E-state index contributed by atoms with van der Waals surface area (Å²) < 4.78 is 66.3. The number of benzene rings is 1. The topological polar surface area (TPSA) is 104 Å². The van der Waals surface area contributed by atoms with E-state index >= 15 is 0 Å². The molecule has 0 aliphatic rings. The van der Waals surface area contributed by atoms with Crippen LogP contribution in [-0.2, 0) is 16.6 Å². The van der Waals surface area contributed by atoms with E-state index in [0.717, 1.165) is 6.20 Å². The summed E-state index contributed by atoms with van der Waals surface area (Å²) in [6.45, 7) is 2.19. The highest BCUT2D eigenvalue weighted by Gasteiger charge is 2.30. The number of nitrogens with zero attached hydrogens (tertiary/aromatic N) is 2. The first-order valence-corrected chi connectivity index (χ1v) is 9.36. The molecule has 2 aromatic rings. The average Bonchev–Trinajstić information content (AvgIpc) is 2.53. The highest BCUT2D eigenvalue weighted by molar-refractivity contribution is 7.89. The predicted octanol–water partition coefficient (Wildman–Crippen LogP) is 2.15. The molecule has 11 heteroatoms. The maximum absolute atomic E-state index is 12.6. The van der Waals surface area contributed by atoms with E-state index in [0.29, 0.717) is 5.56 Å². The van der Waals surface area contributed by atoms with E-state index in [9.17, 15) is 26.4 Å². The Morgan fingerprint density at radius 2 is 1.81 bits per heavy atom. The van der Waals surface area contributed by atoms with Crippen LogP contribution in [0.25, 0.3) is 11.1 Å². The zero-order chi connectivity index (χ0) is 20.4. The van der Waals surface area contributed by atoms with E-state index in [4.69, 9.17) is 9.88 Å². The lowest BCUT2D eigenvalue weighted by Gasteiger charge is -2.15. The quantitative estimate of drug-likeness (QED) is 0.793. The number of aromatic nitrogens is 2. The first-order valence-electron chi connectivity index (χ1n) is 7.81. The van der Waals surface area contributed by atoms with Gasteiger partial charge in [0.25, 0.3) is 0 Å². The molecular weight excluding hydrogens is 387 g/mol. The van der Waals surface area contributed by atoms with Crippen molar-refractivity contribution in [3.63, 3.8) is 0 Å². The number of hydrogen-bond donors (Lipinski definition) is 1. The van der Waals surface area contributed by atoms with E-state index < -0.39 is 28.3 Å². The number of hydrogen-bond acceptors (Lipinski definition) is 5. The summed E-state index contributed by atoms with van der Waals surface area (Å²) >= 11 is 0. The number of sulfonamides is 1. The highest BCUT2D eigenvalue weighted by atomic mass is 32.2. The SMILES string of the molecule is CC(C)COc1c(-c2ccc(S(N)(=O)=O)cc2)cnn(CC(F)(F)F)c1=O. The molecular formula is C16H18F3N3O4S. The number of ether oxygens (including phenoxy) is 1. The van der Waals surface area contributed by atoms with Crippen LogP contribution in [0.15, 0.2) is 40.2 Å². The van der Waals surface area contributed by atoms with Gasteiger partial charge in [0.15, 0.2) is 5.75 Å². The van der Waals surface area contributed by atoms with Crippen molar-refractivity contribution >= 4 is 10.0 Å². The maximum atomic E-state index is 12.6. The molecule has 1 heterocycles. The molecule has 0 radical (unpaired) electrons. The zero-order valence-electron chi connectivity index (χ0n) is 14.5. The minimum absolute atomic E-state index is 0.0197. The number of rotatable bonds is 6. The molecule has 0 bridgehead atoms. The summed E-state index contributed by atoms with van der Waals surface area (Å²) in [4.78, 5) is 12.3. The van der Waals surface area contributed by atoms with E-state index in [1.807, 2.05) is 13.8 Å². The molecule has 0 atom stereocenters. The van der Waals surface area contributed by atoms with Crippen molar-refractivity contribution in [1.29, 1.82) is 0 Å². The molecule has 0 spiro atoms. The second-order valence-corrected chi connectivity index (χ2v) is 7.80. The van der Waals surface area contributed by atoms with Crippen LogP contribution >= 0.6 is 0 Å². The molecule has 1 aromatic heterocycles. The number of alkyl halides is 3. The van der Waals surface area contributed by atoms with Gasteiger partial charge in [-0.2, -0.15) is 18.3 Å². The van der Waals surface area contributed by atoms with Crippen LogP contribution in [0, 0.1) is 5.92 Å². The minimum Gasteiger partial charge on any atom is -0.487 e. The minimum atomic E-state index is -4.62. The Bertz CT molecular complexity index is 968. The van der Waals surface area contributed by atoms with Gasteiger partial charge in [-0.25, -0.2) is 18.2 Å². The molecule has 148 valence electrons. The molecule has 1 aromatic carbocycles. The fourth-order valence-electron chi connectivity index (χ4n) is 2.17. The third-order valence-corrected chi connectivity index (χ3v) is 4.31. The van der Waals surface area contributed by atoms with Crippen molar-refractivity contribution in [3.8, 4) is 16.9 Å². The highest BCUT2D eigenvalue weighted by Crippen LogP contribution is 2.28. The summed E-state index contributed by atoms with van der Waals surface area (Å²) in [5.41, 5.74) is -0.522. The molecule has 7 nitrogen and oxygen atoms in total. The fourth-order valence-corrected chi connectivity index (χ4v) is 2.69. The van der Waals surface area contributed by atoms with E-state index in [1.165, 1.54) is 24.3 Å². The van der Waals surface area contributed by atoms with Gasteiger partial charge < -0.3 is 4.74 Å². The van der Waals surface area contributed by atoms with Gasteiger partial charge >= 0.3 is 11.7 Å². The third-order valence-electron chi connectivity index (χ3n) is 3.38. The third kappa shape index (κ3) is 5.54. The van der Waals surface area contributed by atoms with Gasteiger partial charge in [0, 0.05) is 5.56 Å². The monoisotopic (exact) mass is 405 g/mol. The predicted molar refractivity (Wildman–Crippen MR) is 91.7 cm³/mol. The lowest BCUT2D eigenvalue weighted by atomic mass is 10.1. The van der Waals surface area contributed by atoms with E-state index in [1.54, 1.807) is 0 Å². The standard InChI is InChI=1S/C16H18F3N3O4S/c1-10(2)8-26-14-13(7-21-22(15(14)23)9-16(17,18)19)11-3-5-12(6-4-11)27(20,24)25/h3-7,10H,8-9H2,1-2H3,(H2,20,24,25). The molecule has 27 heavy (non-hydrogen) atoms. The molecule has 2 rings (SSSR count). The summed E-state index contributed by atoms with van der Waals surface area (Å²) in [5, 5.41) is 8.59. The molecule has 0 saturated carbocycles. The van der Waals surface area contributed by atoms with Crippen LogP contribution in [0.2, 0.25) is 0 Å². The van der Waals surface area contributed by atoms with Gasteiger partial charge in [-0.1, -0.05) is 26.0 Å². The molecule has 0 aliphatic heterocycles. The Labute approximate surface area is 153 Å². The average molecular weight is 405 g/mol. The van der Waals surface area contributed by atoms with Crippen LogP contribution in [0.3, 0.4) is 0 Å². The van der Waals surface area contributed by atoms with Crippen molar-refractivity contribution in [1.82, 2.24) is 9.78 Å². The first kappa shape index (κ1) is 20.9. The van der Waals surface area contributed by atoms with Crippen molar-refractivity contribution in [3.05, 3.63) is 40.8 Å². The maximum Gasteiger partial charge on any atom is 0.408 e. The molecule has 0 fully saturated rings. The smallest absolute Gasteiger partial charge is 0.408 e. The first-order chi connectivity index (χ1) is 12.4. The molecule has 0 aliphatic carbocycles. The summed E-state index contributed by atoms with van der Waals surface area (Å²) in [7, 11) is -3.91. The van der Waals surface area contributed by atoms with Gasteiger partial charge in [-0.15, -0.1) is 0 Å². The van der Waals surface area contributed by atoms with Crippen LogP contribution < -0.4 is 15.4 Å². The van der Waals surface area contributed by atoms with Crippen LogP contribution in [0.4, 0.5) is 13.2 Å². The Hall–Kier alpha value is -2.40. The summed E-state index contributed by atoms with van der Waals surface area (Å²) in [6.07, 6.45) is -3.54. The second kappa shape index (κ2) is 7.69. The Balaban J connectivity index is 2.54. The van der Waals surface area contributed by atoms with Gasteiger partial charge in [0.2, 0.25) is 10.0 Å². The molecule has 2 N–H and O–H groups in total. The Morgan fingerprint density at radius 3 is 2.30 bits per heavy atom. The zero-order valence-corrected chi connectivity index (χ0v) is 15.3. The van der Waals surface area contributed by atoms with Crippen LogP contribution in [0.5, 0.6) is 5.75 Å². The second-order valence-electron chi connectivity index (χ2n) is 6.24. The summed E-state index contributed by atoms with van der Waals surface area (Å²) in [5.74, 6) is -0.266. The molecule has 0 amide bonds.